The Hall–Kier alpha value is -0.640. The second kappa shape index (κ2) is 3.85. The molecule has 1 heterocycles. The van der Waals surface area contributed by atoms with E-state index < -0.39 is 0 Å². The molecular weight excluding hydrogens is 246 g/mol. The molecule has 2 aromatic rings. The number of rotatable bonds is 1. The summed E-state index contributed by atoms with van der Waals surface area (Å²) in [6, 6.07) is 6.15. The average Bonchev–Trinajstić information content (AvgIpc) is 2.50. The van der Waals surface area contributed by atoms with Crippen molar-refractivity contribution < 1.29 is 22.4 Å². The molecule has 3 nitrogen and oxygen atoms in total. The van der Waals surface area contributed by atoms with Gasteiger partial charge in [-0.1, -0.05) is 18.2 Å². The van der Waals surface area contributed by atoms with E-state index in [0.29, 0.717) is 0 Å². The van der Waals surface area contributed by atoms with Crippen molar-refractivity contribution in [1.29, 1.82) is 0 Å². The monoisotopic (exact) mass is 254 g/mol. The fourth-order valence-electron chi connectivity index (χ4n) is 1.11. The van der Waals surface area contributed by atoms with Gasteiger partial charge in [-0.25, -0.2) is 0 Å². The largest absolute Gasteiger partial charge is 0.258 e. The summed E-state index contributed by atoms with van der Waals surface area (Å²) in [5.41, 5.74) is 3.25. The van der Waals surface area contributed by atoms with Gasteiger partial charge in [-0.05, 0) is 24.1 Å². The van der Waals surface area contributed by atoms with Gasteiger partial charge in [-0.3, -0.25) is 5.10 Å². The molecule has 4 heteroatoms. The molecule has 1 radical (unpaired) electrons. The van der Waals surface area contributed by atoms with Crippen LogP contribution in [0.25, 0.3) is 11.0 Å². The molecule has 67 valence electrons. The smallest absolute Gasteiger partial charge is 0.113 e. The Morgan fingerprint density at radius 1 is 1.42 bits per heavy atom. The van der Waals surface area contributed by atoms with Crippen molar-refractivity contribution in [2.24, 2.45) is 0 Å². The van der Waals surface area contributed by atoms with Crippen LogP contribution in [0.1, 0.15) is 12.5 Å². The zero-order valence-corrected chi connectivity index (χ0v) is 8.12. The molecule has 0 atom stereocenters. The third kappa shape index (κ3) is 1.58. The summed E-state index contributed by atoms with van der Waals surface area (Å²) in [6.07, 6.45) is 1.04. The Morgan fingerprint density at radius 2 is 2.25 bits per heavy atom. The van der Waals surface area contributed by atoms with E-state index in [1.165, 1.54) is 5.56 Å². The summed E-state index contributed by atoms with van der Waals surface area (Å²) in [6.45, 7) is 2.13. The topological polar surface area (TPSA) is 41.6 Å². The molecule has 0 saturated carbocycles. The van der Waals surface area contributed by atoms with Crippen molar-refractivity contribution in [2.75, 3.05) is 0 Å². The maximum Gasteiger partial charge on any atom is 0.113 e. The Morgan fingerprint density at radius 3 is 3.00 bits per heavy atom. The molecule has 1 aromatic heterocycles. The van der Waals surface area contributed by atoms with E-state index in [4.69, 9.17) is 0 Å². The van der Waals surface area contributed by atoms with Crippen LogP contribution in [0.5, 0.6) is 0 Å². The Kier molecular flexibility index (Phi) is 3.03. The SMILES string of the molecule is CCc1ccc2[nH]nnc2c1.[Ag]. The van der Waals surface area contributed by atoms with E-state index in [1.54, 1.807) is 0 Å². The van der Waals surface area contributed by atoms with Crippen LogP contribution >= 0.6 is 0 Å². The standard InChI is InChI=1S/C8H9N3.Ag/c1-2-6-3-4-7-8(5-6)10-11-9-7;/h3-5H,2H2,1H3,(H,9,10,11);. The number of aryl methyl sites for hydroxylation is 1. The van der Waals surface area contributed by atoms with Gasteiger partial charge in [0.05, 0.1) is 5.52 Å². The van der Waals surface area contributed by atoms with Gasteiger partial charge in [0.1, 0.15) is 5.52 Å². The number of benzene rings is 1. The molecule has 0 bridgehead atoms. The summed E-state index contributed by atoms with van der Waals surface area (Å²) in [5, 5.41) is 10.4. The van der Waals surface area contributed by atoms with E-state index in [9.17, 15) is 0 Å². The fraction of sp³-hybridized carbons (Fsp3) is 0.250. The molecule has 1 aromatic carbocycles. The first-order valence-corrected chi connectivity index (χ1v) is 3.70. The van der Waals surface area contributed by atoms with Crippen LogP contribution in [0.3, 0.4) is 0 Å². The molecule has 0 aliphatic heterocycles. The van der Waals surface area contributed by atoms with Gasteiger partial charge in [-0.2, -0.15) is 0 Å². The fourth-order valence-corrected chi connectivity index (χ4v) is 1.11. The molecule has 0 amide bonds. The Balaban J connectivity index is 0.000000720. The first-order valence-electron chi connectivity index (χ1n) is 3.70. The second-order valence-electron chi connectivity index (χ2n) is 2.52. The van der Waals surface area contributed by atoms with Crippen LogP contribution < -0.4 is 0 Å². The summed E-state index contributed by atoms with van der Waals surface area (Å²) in [4.78, 5) is 0. The molecule has 2 rings (SSSR count). The maximum atomic E-state index is 3.92. The van der Waals surface area contributed by atoms with Crippen molar-refractivity contribution in [2.45, 2.75) is 13.3 Å². The van der Waals surface area contributed by atoms with Gasteiger partial charge in [0.25, 0.3) is 0 Å². The number of nitrogens with zero attached hydrogens (tertiary/aromatic N) is 2. The molecule has 0 fully saturated rings. The van der Waals surface area contributed by atoms with Crippen LogP contribution in [-0.4, -0.2) is 15.4 Å². The summed E-state index contributed by atoms with van der Waals surface area (Å²) in [7, 11) is 0. The number of hydrogen-bond donors (Lipinski definition) is 1. The summed E-state index contributed by atoms with van der Waals surface area (Å²) in [5.74, 6) is 0. The zero-order chi connectivity index (χ0) is 7.68. The molecule has 0 aliphatic rings. The van der Waals surface area contributed by atoms with E-state index in [0.717, 1.165) is 17.5 Å². The van der Waals surface area contributed by atoms with E-state index in [2.05, 4.69) is 34.5 Å². The quantitative estimate of drug-likeness (QED) is 0.785. The van der Waals surface area contributed by atoms with Gasteiger partial charge in [0, 0.05) is 22.4 Å². The normalized spacial score (nSPS) is 9.75. The Labute approximate surface area is 86.1 Å². The first kappa shape index (κ1) is 9.45. The number of H-pyrrole nitrogens is 1. The van der Waals surface area contributed by atoms with E-state index in [-0.39, 0.29) is 22.4 Å². The van der Waals surface area contributed by atoms with Gasteiger partial charge < -0.3 is 0 Å². The van der Waals surface area contributed by atoms with Crippen LogP contribution in [0.2, 0.25) is 0 Å². The predicted molar refractivity (Wildman–Crippen MR) is 43.3 cm³/mol. The minimum Gasteiger partial charge on any atom is -0.258 e. The van der Waals surface area contributed by atoms with Crippen molar-refractivity contribution in [1.82, 2.24) is 15.4 Å². The van der Waals surface area contributed by atoms with Gasteiger partial charge in [-0.15, -0.1) is 5.10 Å². The number of nitrogens with one attached hydrogen (secondary N) is 1. The molecule has 1 N–H and O–H groups in total. The van der Waals surface area contributed by atoms with Gasteiger partial charge in [0.2, 0.25) is 0 Å². The second-order valence-corrected chi connectivity index (χ2v) is 2.52. The predicted octanol–water partition coefficient (Wildman–Crippen LogP) is 1.52. The van der Waals surface area contributed by atoms with Crippen LogP contribution in [0, 0.1) is 0 Å². The number of aromatic amines is 1. The van der Waals surface area contributed by atoms with Crippen molar-refractivity contribution in [3.05, 3.63) is 23.8 Å². The third-order valence-electron chi connectivity index (χ3n) is 1.80. The van der Waals surface area contributed by atoms with Crippen molar-refractivity contribution in [3.8, 4) is 0 Å². The molecule has 12 heavy (non-hydrogen) atoms. The summed E-state index contributed by atoms with van der Waals surface area (Å²) >= 11 is 0. The molecule has 0 unspecified atom stereocenters. The van der Waals surface area contributed by atoms with Crippen molar-refractivity contribution >= 4 is 11.0 Å². The average molecular weight is 255 g/mol. The maximum absolute atomic E-state index is 3.92. The summed E-state index contributed by atoms with van der Waals surface area (Å²) < 4.78 is 0. The number of fused-ring (bicyclic) bond motifs is 1. The minimum atomic E-state index is 0. The zero-order valence-electron chi connectivity index (χ0n) is 6.64. The molecule has 0 aliphatic carbocycles. The third-order valence-corrected chi connectivity index (χ3v) is 1.80. The first-order chi connectivity index (χ1) is 5.40. The molecule has 0 saturated heterocycles. The minimum absolute atomic E-state index is 0. The van der Waals surface area contributed by atoms with Crippen LogP contribution in [0.15, 0.2) is 18.2 Å². The van der Waals surface area contributed by atoms with E-state index in [1.807, 2.05) is 6.07 Å². The van der Waals surface area contributed by atoms with Crippen LogP contribution in [0.4, 0.5) is 0 Å². The van der Waals surface area contributed by atoms with Crippen molar-refractivity contribution in [3.63, 3.8) is 0 Å². The number of aromatic nitrogens is 3. The molecular formula is C8H9AgN3. The van der Waals surface area contributed by atoms with Gasteiger partial charge >= 0.3 is 0 Å². The number of hydrogen-bond acceptors (Lipinski definition) is 2. The van der Waals surface area contributed by atoms with Gasteiger partial charge in [0.15, 0.2) is 0 Å². The Bertz CT molecular complexity index is 369. The van der Waals surface area contributed by atoms with E-state index >= 15 is 0 Å². The van der Waals surface area contributed by atoms with Crippen LogP contribution in [-0.2, 0) is 28.8 Å². The molecule has 0 spiro atoms.